The monoisotopic (exact) mass is 337 g/mol. The number of nitrogens with zero attached hydrogens (tertiary/aromatic N) is 2. The van der Waals surface area contributed by atoms with Gasteiger partial charge in [0.25, 0.3) is 0 Å². The molecule has 3 heteroatoms. The molecule has 1 aromatic heterocycles. The summed E-state index contributed by atoms with van der Waals surface area (Å²) in [4.78, 5) is 9.63. The summed E-state index contributed by atoms with van der Waals surface area (Å²) < 4.78 is 0. The normalized spacial score (nSPS) is 10.7. The van der Waals surface area contributed by atoms with Gasteiger partial charge in [0, 0.05) is 22.4 Å². The molecule has 2 N–H and O–H groups in total. The Balaban J connectivity index is 1.93. The maximum Gasteiger partial charge on any atom is 0.160 e. The second kappa shape index (κ2) is 6.81. The van der Waals surface area contributed by atoms with Crippen molar-refractivity contribution in [3.05, 3.63) is 90.5 Å². The molecule has 0 aliphatic heterocycles. The van der Waals surface area contributed by atoms with Crippen molar-refractivity contribution in [3.8, 4) is 33.9 Å². The quantitative estimate of drug-likeness (QED) is 0.511. The molecule has 0 spiro atoms. The molecule has 26 heavy (non-hydrogen) atoms. The van der Waals surface area contributed by atoms with Gasteiger partial charge in [-0.05, 0) is 36.8 Å². The van der Waals surface area contributed by atoms with Crippen LogP contribution in [0.3, 0.4) is 0 Å². The van der Waals surface area contributed by atoms with Crippen molar-refractivity contribution in [1.29, 1.82) is 0 Å². The standard InChI is InChI=1S/C23H19N3/c1-16-12-19(14-20(24)13-16)23-25-21(17-8-4-2-5-9-17)15-22(26-23)18-10-6-3-7-11-18/h2-15H,24H2,1H3. The van der Waals surface area contributed by atoms with Gasteiger partial charge in [-0.25, -0.2) is 9.97 Å². The number of aryl methyl sites for hydroxylation is 1. The molecule has 0 radical (unpaired) electrons. The van der Waals surface area contributed by atoms with E-state index >= 15 is 0 Å². The average molecular weight is 337 g/mol. The van der Waals surface area contributed by atoms with Crippen molar-refractivity contribution in [2.75, 3.05) is 5.73 Å². The van der Waals surface area contributed by atoms with Gasteiger partial charge < -0.3 is 5.73 Å². The van der Waals surface area contributed by atoms with Crippen LogP contribution in [0.2, 0.25) is 0 Å². The number of anilines is 1. The lowest BCUT2D eigenvalue weighted by Gasteiger charge is -2.10. The summed E-state index contributed by atoms with van der Waals surface area (Å²) in [6.45, 7) is 2.03. The Labute approximate surface area is 153 Å². The van der Waals surface area contributed by atoms with E-state index < -0.39 is 0 Å². The smallest absolute Gasteiger partial charge is 0.160 e. The van der Waals surface area contributed by atoms with Crippen LogP contribution < -0.4 is 5.73 Å². The summed E-state index contributed by atoms with van der Waals surface area (Å²) in [5.74, 6) is 0.681. The number of nitrogen functional groups attached to an aromatic ring is 1. The number of hydrogen-bond acceptors (Lipinski definition) is 3. The first-order valence-electron chi connectivity index (χ1n) is 8.56. The summed E-state index contributed by atoms with van der Waals surface area (Å²) in [7, 11) is 0. The predicted molar refractivity (Wildman–Crippen MR) is 107 cm³/mol. The molecule has 4 aromatic rings. The highest BCUT2D eigenvalue weighted by atomic mass is 14.9. The highest BCUT2D eigenvalue weighted by Crippen LogP contribution is 2.28. The molecule has 4 rings (SSSR count). The van der Waals surface area contributed by atoms with Crippen molar-refractivity contribution in [1.82, 2.24) is 9.97 Å². The van der Waals surface area contributed by atoms with E-state index in [4.69, 9.17) is 15.7 Å². The fraction of sp³-hybridized carbons (Fsp3) is 0.0435. The molecular formula is C23H19N3. The van der Waals surface area contributed by atoms with Crippen LogP contribution in [0, 0.1) is 6.92 Å². The molecule has 0 aliphatic rings. The van der Waals surface area contributed by atoms with Crippen molar-refractivity contribution < 1.29 is 0 Å². The van der Waals surface area contributed by atoms with Crippen LogP contribution in [0.5, 0.6) is 0 Å². The van der Waals surface area contributed by atoms with Crippen LogP contribution in [0.1, 0.15) is 5.56 Å². The van der Waals surface area contributed by atoms with Gasteiger partial charge in [-0.3, -0.25) is 0 Å². The molecule has 3 aromatic carbocycles. The number of nitrogens with two attached hydrogens (primary N) is 1. The lowest BCUT2D eigenvalue weighted by atomic mass is 10.1. The molecule has 0 unspecified atom stereocenters. The van der Waals surface area contributed by atoms with E-state index in [0.717, 1.165) is 39.3 Å². The molecule has 126 valence electrons. The fourth-order valence-electron chi connectivity index (χ4n) is 3.03. The third-order valence-corrected chi connectivity index (χ3v) is 4.22. The van der Waals surface area contributed by atoms with Gasteiger partial charge >= 0.3 is 0 Å². The van der Waals surface area contributed by atoms with Gasteiger partial charge in [-0.1, -0.05) is 60.7 Å². The molecule has 0 aliphatic carbocycles. The van der Waals surface area contributed by atoms with Crippen LogP contribution >= 0.6 is 0 Å². The number of hydrogen-bond donors (Lipinski definition) is 1. The van der Waals surface area contributed by atoms with Crippen molar-refractivity contribution in [3.63, 3.8) is 0 Å². The maximum atomic E-state index is 6.04. The van der Waals surface area contributed by atoms with E-state index in [9.17, 15) is 0 Å². The zero-order valence-corrected chi connectivity index (χ0v) is 14.6. The molecule has 1 heterocycles. The van der Waals surface area contributed by atoms with E-state index in [1.54, 1.807) is 0 Å². The van der Waals surface area contributed by atoms with E-state index in [1.807, 2.05) is 61.5 Å². The summed E-state index contributed by atoms with van der Waals surface area (Å²) in [6, 6.07) is 28.3. The first kappa shape index (κ1) is 16.0. The highest BCUT2D eigenvalue weighted by Gasteiger charge is 2.11. The Morgan fingerprint density at radius 1 is 0.615 bits per heavy atom. The molecule has 0 atom stereocenters. The van der Waals surface area contributed by atoms with Gasteiger partial charge in [-0.2, -0.15) is 0 Å². The number of rotatable bonds is 3. The van der Waals surface area contributed by atoms with Gasteiger partial charge in [0.1, 0.15) is 0 Å². The largest absolute Gasteiger partial charge is 0.399 e. The Kier molecular flexibility index (Phi) is 4.20. The van der Waals surface area contributed by atoms with E-state index in [2.05, 4.69) is 30.3 Å². The third-order valence-electron chi connectivity index (χ3n) is 4.22. The highest BCUT2D eigenvalue weighted by molar-refractivity contribution is 5.72. The first-order valence-corrected chi connectivity index (χ1v) is 8.56. The Morgan fingerprint density at radius 2 is 1.15 bits per heavy atom. The van der Waals surface area contributed by atoms with Gasteiger partial charge in [0.15, 0.2) is 5.82 Å². The zero-order chi connectivity index (χ0) is 17.9. The molecule has 0 bridgehead atoms. The summed E-state index contributed by atoms with van der Waals surface area (Å²) in [5, 5.41) is 0. The van der Waals surface area contributed by atoms with E-state index in [0.29, 0.717) is 5.82 Å². The Bertz CT molecular complexity index is 964. The fourth-order valence-corrected chi connectivity index (χ4v) is 3.03. The van der Waals surface area contributed by atoms with Gasteiger partial charge in [-0.15, -0.1) is 0 Å². The summed E-state index contributed by atoms with van der Waals surface area (Å²) >= 11 is 0. The molecule has 3 nitrogen and oxygen atoms in total. The van der Waals surface area contributed by atoms with Crippen molar-refractivity contribution in [2.24, 2.45) is 0 Å². The van der Waals surface area contributed by atoms with Gasteiger partial charge in [0.2, 0.25) is 0 Å². The van der Waals surface area contributed by atoms with Crippen LogP contribution in [-0.4, -0.2) is 9.97 Å². The lowest BCUT2D eigenvalue weighted by molar-refractivity contribution is 1.18. The molecule has 0 amide bonds. The predicted octanol–water partition coefficient (Wildman–Crippen LogP) is 5.37. The second-order valence-corrected chi connectivity index (χ2v) is 6.33. The molecule has 0 fully saturated rings. The van der Waals surface area contributed by atoms with Crippen molar-refractivity contribution >= 4 is 5.69 Å². The summed E-state index contributed by atoms with van der Waals surface area (Å²) in [6.07, 6.45) is 0. The average Bonchev–Trinajstić information content (AvgIpc) is 2.68. The van der Waals surface area contributed by atoms with Gasteiger partial charge in [0.05, 0.1) is 11.4 Å². The van der Waals surface area contributed by atoms with E-state index in [1.165, 1.54) is 0 Å². The number of benzene rings is 3. The zero-order valence-electron chi connectivity index (χ0n) is 14.6. The number of aromatic nitrogens is 2. The minimum Gasteiger partial charge on any atom is -0.399 e. The maximum absolute atomic E-state index is 6.04. The van der Waals surface area contributed by atoms with Crippen molar-refractivity contribution in [2.45, 2.75) is 6.92 Å². The minimum atomic E-state index is 0.681. The first-order chi connectivity index (χ1) is 12.7. The van der Waals surface area contributed by atoms with Crippen LogP contribution in [-0.2, 0) is 0 Å². The van der Waals surface area contributed by atoms with Crippen LogP contribution in [0.15, 0.2) is 84.9 Å². The van der Waals surface area contributed by atoms with E-state index in [-0.39, 0.29) is 0 Å². The minimum absolute atomic E-state index is 0.681. The second-order valence-electron chi connectivity index (χ2n) is 6.33. The molecular weight excluding hydrogens is 318 g/mol. The van der Waals surface area contributed by atoms with Crippen LogP contribution in [0.4, 0.5) is 5.69 Å². The summed E-state index contributed by atoms with van der Waals surface area (Å²) in [5.41, 5.74) is 12.7. The molecule has 0 saturated heterocycles. The Morgan fingerprint density at radius 3 is 1.65 bits per heavy atom. The SMILES string of the molecule is Cc1cc(N)cc(-c2nc(-c3ccccc3)cc(-c3ccccc3)n2)c1. The topological polar surface area (TPSA) is 51.8 Å². The Hall–Kier alpha value is -3.46. The molecule has 0 saturated carbocycles. The lowest BCUT2D eigenvalue weighted by Crippen LogP contribution is -1.97. The third kappa shape index (κ3) is 3.33. The van der Waals surface area contributed by atoms with Crippen LogP contribution in [0.25, 0.3) is 33.9 Å².